The first-order valence-electron chi connectivity index (χ1n) is 9.93. The molecule has 0 N–H and O–H groups in total. The smallest absolute Gasteiger partial charge is 0.231 e. The third-order valence-corrected chi connectivity index (χ3v) is 6.38. The van der Waals surface area contributed by atoms with Crippen LogP contribution in [0, 0.1) is 0 Å². The highest BCUT2D eigenvalue weighted by molar-refractivity contribution is 5.75. The molecule has 0 bridgehead atoms. The molecule has 0 fully saturated rings. The Morgan fingerprint density at radius 1 is 0.833 bits per heavy atom. The van der Waals surface area contributed by atoms with Gasteiger partial charge in [0.2, 0.25) is 6.79 Å². The summed E-state index contributed by atoms with van der Waals surface area (Å²) in [6.45, 7) is 2.45. The van der Waals surface area contributed by atoms with Crippen molar-refractivity contribution in [2.75, 3.05) is 24.8 Å². The quantitative estimate of drug-likeness (QED) is 0.510. The van der Waals surface area contributed by atoms with Crippen LogP contribution in [0.25, 0.3) is 11.0 Å². The predicted octanol–water partition coefficient (Wildman–Crippen LogP) is 3.65. The van der Waals surface area contributed by atoms with Gasteiger partial charge in [-0.3, -0.25) is 0 Å². The molecule has 0 radical (unpaired) electrons. The molecule has 148 valence electrons. The van der Waals surface area contributed by atoms with Gasteiger partial charge in [-0.05, 0) is 45.7 Å². The van der Waals surface area contributed by atoms with Crippen molar-refractivity contribution >= 4 is 16.7 Å². The molecule has 30 heavy (non-hydrogen) atoms. The number of benzene rings is 3. The molecule has 3 aromatic carbocycles. The van der Waals surface area contributed by atoms with Gasteiger partial charge in [0.15, 0.2) is 11.5 Å². The summed E-state index contributed by atoms with van der Waals surface area (Å²) in [5.41, 5.74) is 6.15. The number of rotatable bonds is 2. The lowest BCUT2D eigenvalue weighted by molar-refractivity contribution is 0.173. The van der Waals surface area contributed by atoms with Gasteiger partial charge >= 0.3 is 0 Å². The van der Waals surface area contributed by atoms with Gasteiger partial charge in [0, 0.05) is 30.4 Å². The Morgan fingerprint density at radius 3 is 2.67 bits per heavy atom. The van der Waals surface area contributed by atoms with Crippen molar-refractivity contribution in [3.63, 3.8) is 0 Å². The van der Waals surface area contributed by atoms with E-state index in [0.29, 0.717) is 6.61 Å². The topological polar surface area (TPSA) is 69.9 Å². The number of hydrogen-bond donors (Lipinski definition) is 0. The molecule has 1 atom stereocenters. The molecular formula is C23H17N3O4. The number of fused-ring (bicyclic) bond motifs is 6. The number of para-hydroxylation sites is 1. The Balaban J connectivity index is 1.32. The summed E-state index contributed by atoms with van der Waals surface area (Å²) in [6.07, 6.45) is 0. The van der Waals surface area contributed by atoms with E-state index in [9.17, 15) is 0 Å². The Bertz CT molecular complexity index is 1320. The number of anilines is 1. The molecule has 4 heterocycles. The molecular weight excluding hydrogens is 382 g/mol. The molecule has 1 spiro atoms. The van der Waals surface area contributed by atoms with Crippen LogP contribution in [0.15, 0.2) is 59.2 Å². The standard InChI is InChI=1S/C23H17N3O4/c1-2-4-19-15(3-1)23(12-27-20-9-22-21(8-16(20)23)28-13-29-22)11-26(19)10-14-5-6-17-18(7-14)25-30-24-17/h1-9H,10-13H2. The summed E-state index contributed by atoms with van der Waals surface area (Å²) in [6, 6.07) is 18.7. The van der Waals surface area contributed by atoms with Crippen LogP contribution in [-0.4, -0.2) is 30.3 Å². The fourth-order valence-electron chi connectivity index (χ4n) is 4.99. The van der Waals surface area contributed by atoms with Crippen molar-refractivity contribution in [1.29, 1.82) is 0 Å². The third-order valence-electron chi connectivity index (χ3n) is 6.38. The van der Waals surface area contributed by atoms with Crippen molar-refractivity contribution in [3.8, 4) is 17.2 Å². The van der Waals surface area contributed by atoms with Gasteiger partial charge < -0.3 is 19.1 Å². The van der Waals surface area contributed by atoms with Gasteiger partial charge in [0.1, 0.15) is 23.4 Å². The maximum absolute atomic E-state index is 6.17. The van der Waals surface area contributed by atoms with Gasteiger partial charge in [-0.2, -0.15) is 0 Å². The van der Waals surface area contributed by atoms with Crippen molar-refractivity contribution < 1.29 is 18.8 Å². The molecule has 7 nitrogen and oxygen atoms in total. The Hall–Kier alpha value is -3.74. The third kappa shape index (κ3) is 2.09. The van der Waals surface area contributed by atoms with E-state index in [1.54, 1.807) is 0 Å². The minimum atomic E-state index is -0.230. The van der Waals surface area contributed by atoms with Crippen LogP contribution >= 0.6 is 0 Å². The second-order valence-corrected chi connectivity index (χ2v) is 8.03. The largest absolute Gasteiger partial charge is 0.492 e. The molecule has 0 saturated carbocycles. The number of nitrogens with zero attached hydrogens (tertiary/aromatic N) is 3. The zero-order valence-corrected chi connectivity index (χ0v) is 16.0. The lowest BCUT2D eigenvalue weighted by atomic mass is 9.77. The highest BCUT2D eigenvalue weighted by atomic mass is 16.7. The molecule has 3 aliphatic heterocycles. The average Bonchev–Trinajstić information content (AvgIpc) is 3.54. The van der Waals surface area contributed by atoms with Crippen LogP contribution in [0.1, 0.15) is 16.7 Å². The maximum Gasteiger partial charge on any atom is 0.231 e. The first-order valence-corrected chi connectivity index (χ1v) is 9.93. The van der Waals surface area contributed by atoms with Crippen molar-refractivity contribution in [2.24, 2.45) is 0 Å². The van der Waals surface area contributed by atoms with E-state index in [1.165, 1.54) is 11.3 Å². The minimum absolute atomic E-state index is 0.230. The van der Waals surface area contributed by atoms with Crippen LogP contribution in [0.5, 0.6) is 17.2 Å². The van der Waals surface area contributed by atoms with E-state index in [1.807, 2.05) is 18.2 Å². The zero-order chi connectivity index (χ0) is 19.7. The summed E-state index contributed by atoms with van der Waals surface area (Å²) in [4.78, 5) is 2.41. The summed E-state index contributed by atoms with van der Waals surface area (Å²) < 4.78 is 22.2. The normalized spacial score (nSPS) is 20.6. The summed E-state index contributed by atoms with van der Waals surface area (Å²) in [5, 5.41) is 7.88. The summed E-state index contributed by atoms with van der Waals surface area (Å²) >= 11 is 0. The summed E-state index contributed by atoms with van der Waals surface area (Å²) in [7, 11) is 0. The molecule has 1 unspecified atom stereocenters. The van der Waals surface area contributed by atoms with Gasteiger partial charge in [0.05, 0.1) is 5.41 Å². The highest BCUT2D eigenvalue weighted by Crippen LogP contribution is 2.54. The Morgan fingerprint density at radius 2 is 1.70 bits per heavy atom. The van der Waals surface area contributed by atoms with Crippen LogP contribution in [0.2, 0.25) is 0 Å². The number of ether oxygens (including phenoxy) is 3. The van der Waals surface area contributed by atoms with Crippen molar-refractivity contribution in [1.82, 2.24) is 10.3 Å². The molecule has 1 aromatic heterocycles. The number of aromatic nitrogens is 2. The Kier molecular flexibility index (Phi) is 3.04. The van der Waals surface area contributed by atoms with Gasteiger partial charge in [0.25, 0.3) is 0 Å². The van der Waals surface area contributed by atoms with Crippen LogP contribution < -0.4 is 19.1 Å². The van der Waals surface area contributed by atoms with Crippen molar-refractivity contribution in [2.45, 2.75) is 12.0 Å². The monoisotopic (exact) mass is 399 g/mol. The predicted molar refractivity (Wildman–Crippen MR) is 108 cm³/mol. The van der Waals surface area contributed by atoms with E-state index in [0.717, 1.165) is 52.5 Å². The fourth-order valence-corrected chi connectivity index (χ4v) is 4.99. The van der Waals surface area contributed by atoms with E-state index in [-0.39, 0.29) is 12.2 Å². The molecule has 3 aliphatic rings. The lowest BCUT2D eigenvalue weighted by Gasteiger charge is -2.25. The molecule has 0 saturated heterocycles. The second-order valence-electron chi connectivity index (χ2n) is 8.03. The van der Waals surface area contributed by atoms with Gasteiger partial charge in [-0.25, -0.2) is 4.63 Å². The van der Waals surface area contributed by atoms with E-state index < -0.39 is 0 Å². The van der Waals surface area contributed by atoms with Crippen LogP contribution in [0.3, 0.4) is 0 Å². The molecule has 7 rings (SSSR count). The summed E-state index contributed by atoms with van der Waals surface area (Å²) in [5.74, 6) is 2.42. The highest BCUT2D eigenvalue weighted by Gasteiger charge is 2.50. The maximum atomic E-state index is 6.17. The SMILES string of the molecule is c1ccc2c(c1)N(Cc1ccc3nonc3c1)CC21COc2cc3c(cc21)OCO3. The van der Waals surface area contributed by atoms with E-state index >= 15 is 0 Å². The fraction of sp³-hybridized carbons (Fsp3) is 0.217. The van der Waals surface area contributed by atoms with Crippen molar-refractivity contribution in [3.05, 3.63) is 71.3 Å². The first-order chi connectivity index (χ1) is 14.8. The lowest BCUT2D eigenvalue weighted by Crippen LogP contribution is -2.35. The zero-order valence-electron chi connectivity index (χ0n) is 16.0. The molecule has 0 amide bonds. The average molecular weight is 399 g/mol. The van der Waals surface area contributed by atoms with Crippen LogP contribution in [-0.2, 0) is 12.0 Å². The second kappa shape index (κ2) is 5.66. The molecule has 7 heteroatoms. The van der Waals surface area contributed by atoms with Gasteiger partial charge in [-0.1, -0.05) is 24.3 Å². The van der Waals surface area contributed by atoms with E-state index in [2.05, 4.69) is 51.6 Å². The minimum Gasteiger partial charge on any atom is -0.492 e. The number of hydrogen-bond acceptors (Lipinski definition) is 7. The van der Waals surface area contributed by atoms with E-state index in [4.69, 9.17) is 18.8 Å². The van der Waals surface area contributed by atoms with Gasteiger partial charge in [-0.15, -0.1) is 0 Å². The molecule has 0 aliphatic carbocycles. The Labute approximate surface area is 171 Å². The first kappa shape index (κ1) is 16.1. The molecule has 4 aromatic rings. The van der Waals surface area contributed by atoms with Crippen LogP contribution in [0.4, 0.5) is 5.69 Å².